The van der Waals surface area contributed by atoms with E-state index in [2.05, 4.69) is 16.6 Å². The molecule has 0 aliphatic carbocycles. The number of cyclic esters (lactones) is 1. The molecular formula is C17H13Cl2F3N2O2. The first-order chi connectivity index (χ1) is 12.1. The predicted molar refractivity (Wildman–Crippen MR) is 95.4 cm³/mol. The Labute approximate surface area is 157 Å². The van der Waals surface area contributed by atoms with Gasteiger partial charge in [0.1, 0.15) is 0 Å². The van der Waals surface area contributed by atoms with Gasteiger partial charge < -0.3 is 10.5 Å². The van der Waals surface area contributed by atoms with E-state index in [1.807, 2.05) is 0 Å². The number of hydrogen-bond acceptors (Lipinski definition) is 3. The fraction of sp³-hybridized carbons (Fsp3) is 0.118. The van der Waals surface area contributed by atoms with E-state index in [-0.39, 0.29) is 16.3 Å². The number of anilines is 2. The first-order valence-electron chi connectivity index (χ1n) is 7.10. The van der Waals surface area contributed by atoms with Gasteiger partial charge in [0.25, 0.3) is 5.60 Å². The standard InChI is InChI=1S/C11H7ClF3NO2.C6H6ClN/c1-2-10(11(13,14)15)7-5-6(12)3-4-8(7)16-9(17)18-10;7-5-1-3-6(8)4-2-5/h2-5H,1H2,(H,16,17);1-4H,8H2. The first kappa shape index (κ1) is 19.9. The van der Waals surface area contributed by atoms with Gasteiger partial charge in [0.15, 0.2) is 0 Å². The minimum Gasteiger partial charge on any atom is -0.424 e. The molecule has 9 heteroatoms. The predicted octanol–water partition coefficient (Wildman–Crippen LogP) is 5.77. The Kier molecular flexibility index (Phi) is 5.73. The summed E-state index contributed by atoms with van der Waals surface area (Å²) in [7, 11) is 0. The quantitative estimate of drug-likeness (QED) is 0.468. The molecule has 3 rings (SSSR count). The summed E-state index contributed by atoms with van der Waals surface area (Å²) >= 11 is 11.2. The van der Waals surface area contributed by atoms with Crippen molar-refractivity contribution >= 4 is 40.7 Å². The minimum absolute atomic E-state index is 0.00660. The van der Waals surface area contributed by atoms with Crippen LogP contribution in [-0.2, 0) is 10.3 Å². The molecule has 1 aliphatic heterocycles. The van der Waals surface area contributed by atoms with Crippen LogP contribution in [-0.4, -0.2) is 12.3 Å². The lowest BCUT2D eigenvalue weighted by Gasteiger charge is -2.37. The second-order valence-electron chi connectivity index (χ2n) is 5.19. The number of alkyl halides is 3. The summed E-state index contributed by atoms with van der Waals surface area (Å²) in [6.45, 7) is 3.12. The van der Waals surface area contributed by atoms with Crippen molar-refractivity contribution in [3.8, 4) is 0 Å². The SMILES string of the molecule is C=CC1(C(F)(F)F)OC(=O)Nc2ccc(Cl)cc21.Nc1ccc(Cl)cc1. The maximum Gasteiger partial charge on any atom is 0.436 e. The number of nitrogens with one attached hydrogen (secondary N) is 1. The smallest absolute Gasteiger partial charge is 0.424 e. The zero-order valence-electron chi connectivity index (χ0n) is 13.1. The number of nitrogens with two attached hydrogens (primary N) is 1. The summed E-state index contributed by atoms with van der Waals surface area (Å²) < 4.78 is 43.9. The van der Waals surface area contributed by atoms with Crippen LogP contribution in [0.5, 0.6) is 0 Å². The maximum atomic E-state index is 13.2. The number of rotatable bonds is 1. The fourth-order valence-corrected chi connectivity index (χ4v) is 2.51. The summed E-state index contributed by atoms with van der Waals surface area (Å²) in [6, 6.07) is 10.8. The van der Waals surface area contributed by atoms with Gasteiger partial charge in [0.05, 0.1) is 5.69 Å². The lowest BCUT2D eigenvalue weighted by molar-refractivity contribution is -0.243. The van der Waals surface area contributed by atoms with E-state index in [9.17, 15) is 18.0 Å². The molecule has 4 nitrogen and oxygen atoms in total. The van der Waals surface area contributed by atoms with Crippen molar-refractivity contribution in [2.45, 2.75) is 11.8 Å². The van der Waals surface area contributed by atoms with E-state index in [0.717, 1.165) is 16.8 Å². The van der Waals surface area contributed by atoms with Crippen LogP contribution < -0.4 is 11.1 Å². The number of halogens is 5. The highest BCUT2D eigenvalue weighted by molar-refractivity contribution is 6.31. The zero-order chi connectivity index (χ0) is 19.5. The van der Waals surface area contributed by atoms with Gasteiger partial charge in [0.2, 0.25) is 0 Å². The molecule has 0 aromatic heterocycles. The topological polar surface area (TPSA) is 64.3 Å². The van der Waals surface area contributed by atoms with Crippen molar-refractivity contribution in [3.63, 3.8) is 0 Å². The zero-order valence-corrected chi connectivity index (χ0v) is 14.6. The van der Waals surface area contributed by atoms with Gasteiger partial charge in [-0.25, -0.2) is 4.79 Å². The van der Waals surface area contributed by atoms with Crippen molar-refractivity contribution in [1.29, 1.82) is 0 Å². The molecule has 3 N–H and O–H groups in total. The van der Waals surface area contributed by atoms with E-state index in [4.69, 9.17) is 28.9 Å². The Morgan fingerprint density at radius 2 is 1.69 bits per heavy atom. The minimum atomic E-state index is -4.83. The number of fused-ring (bicyclic) bond motifs is 1. The highest BCUT2D eigenvalue weighted by atomic mass is 35.5. The van der Waals surface area contributed by atoms with Gasteiger partial charge in [-0.15, -0.1) is 0 Å². The first-order valence-corrected chi connectivity index (χ1v) is 7.86. The molecule has 0 saturated heterocycles. The monoisotopic (exact) mass is 404 g/mol. The van der Waals surface area contributed by atoms with Crippen molar-refractivity contribution in [1.82, 2.24) is 0 Å². The normalized spacial score (nSPS) is 18.6. The lowest BCUT2D eigenvalue weighted by atomic mass is 9.90. The molecule has 1 atom stereocenters. The largest absolute Gasteiger partial charge is 0.436 e. The van der Waals surface area contributed by atoms with Gasteiger partial charge in [-0.2, -0.15) is 13.2 Å². The average Bonchev–Trinajstić information content (AvgIpc) is 2.56. The van der Waals surface area contributed by atoms with Gasteiger partial charge in [-0.1, -0.05) is 29.8 Å². The lowest BCUT2D eigenvalue weighted by Crippen LogP contribution is -2.48. The number of carbonyl (C=O) groups excluding carboxylic acids is 1. The molecule has 1 aliphatic rings. The van der Waals surface area contributed by atoms with Gasteiger partial charge >= 0.3 is 12.3 Å². The number of benzene rings is 2. The number of amides is 1. The van der Waals surface area contributed by atoms with Gasteiger partial charge in [0, 0.05) is 21.3 Å². The van der Waals surface area contributed by atoms with Crippen molar-refractivity contribution in [2.75, 3.05) is 11.1 Å². The molecule has 26 heavy (non-hydrogen) atoms. The molecule has 0 spiro atoms. The molecule has 0 bridgehead atoms. The third kappa shape index (κ3) is 4.05. The summed E-state index contributed by atoms with van der Waals surface area (Å²) in [4.78, 5) is 11.2. The van der Waals surface area contributed by atoms with Crippen LogP contribution in [0.25, 0.3) is 0 Å². The fourth-order valence-electron chi connectivity index (χ4n) is 2.21. The van der Waals surface area contributed by atoms with Crippen molar-refractivity contribution < 1.29 is 22.7 Å². The van der Waals surface area contributed by atoms with Crippen molar-refractivity contribution in [2.24, 2.45) is 0 Å². The molecular weight excluding hydrogens is 392 g/mol. The third-order valence-electron chi connectivity index (χ3n) is 3.45. The van der Waals surface area contributed by atoms with Crippen LogP contribution in [0.3, 0.4) is 0 Å². The third-order valence-corrected chi connectivity index (χ3v) is 3.94. The van der Waals surface area contributed by atoms with Gasteiger partial charge in [-0.3, -0.25) is 5.32 Å². The summed E-state index contributed by atoms with van der Waals surface area (Å²) in [6.07, 6.45) is -5.48. The summed E-state index contributed by atoms with van der Waals surface area (Å²) in [5.74, 6) is 0. The van der Waals surface area contributed by atoms with E-state index in [1.54, 1.807) is 24.3 Å². The highest BCUT2D eigenvalue weighted by Gasteiger charge is 2.60. The molecule has 0 radical (unpaired) electrons. The average molecular weight is 405 g/mol. The number of ether oxygens (including phenoxy) is 1. The molecule has 1 heterocycles. The van der Waals surface area contributed by atoms with Crippen LogP contribution in [0, 0.1) is 0 Å². The number of hydrogen-bond donors (Lipinski definition) is 2. The van der Waals surface area contributed by atoms with Gasteiger partial charge in [-0.05, 0) is 48.5 Å². The Morgan fingerprint density at radius 3 is 2.19 bits per heavy atom. The maximum absolute atomic E-state index is 13.2. The second kappa shape index (κ2) is 7.47. The Morgan fingerprint density at radius 1 is 1.12 bits per heavy atom. The van der Waals surface area contributed by atoms with Crippen LogP contribution in [0.4, 0.5) is 29.3 Å². The Balaban J connectivity index is 0.000000254. The Hall–Kier alpha value is -2.38. The number of nitrogen functional groups attached to an aromatic ring is 1. The van der Waals surface area contributed by atoms with Crippen LogP contribution >= 0.6 is 23.2 Å². The highest BCUT2D eigenvalue weighted by Crippen LogP contribution is 2.48. The molecule has 138 valence electrons. The summed E-state index contributed by atoms with van der Waals surface area (Å²) in [5.41, 5.74) is 2.93. The molecule has 0 fully saturated rings. The molecule has 2 aromatic carbocycles. The number of carbonyl (C=O) groups is 1. The van der Waals surface area contributed by atoms with E-state index in [0.29, 0.717) is 6.08 Å². The molecule has 0 saturated carbocycles. The molecule has 1 amide bonds. The molecule has 1 unspecified atom stereocenters. The second-order valence-corrected chi connectivity index (χ2v) is 6.07. The van der Waals surface area contributed by atoms with E-state index < -0.39 is 17.9 Å². The van der Waals surface area contributed by atoms with Crippen LogP contribution in [0.2, 0.25) is 10.0 Å². The molecule has 2 aromatic rings. The van der Waals surface area contributed by atoms with E-state index >= 15 is 0 Å². The van der Waals surface area contributed by atoms with Crippen molar-refractivity contribution in [3.05, 3.63) is 70.7 Å². The Bertz CT molecular complexity index is 805. The summed E-state index contributed by atoms with van der Waals surface area (Å²) in [5, 5.41) is 3.00. The van der Waals surface area contributed by atoms with Crippen LogP contribution in [0.15, 0.2) is 55.1 Å². The van der Waals surface area contributed by atoms with E-state index in [1.165, 1.54) is 12.1 Å². The van der Waals surface area contributed by atoms with Crippen LogP contribution in [0.1, 0.15) is 5.56 Å².